The van der Waals surface area contributed by atoms with Crippen LogP contribution in [0.25, 0.3) is 0 Å². The molecule has 0 radical (unpaired) electrons. The largest absolute Gasteiger partial charge is 0.396 e. The summed E-state index contributed by atoms with van der Waals surface area (Å²) in [4.78, 5) is 24.8. The number of carbonyl (C=O) groups is 1. The van der Waals surface area contributed by atoms with Crippen LogP contribution in [0.5, 0.6) is 0 Å². The van der Waals surface area contributed by atoms with Gasteiger partial charge in [0.15, 0.2) is 0 Å². The van der Waals surface area contributed by atoms with Crippen LogP contribution < -0.4 is 0 Å². The highest BCUT2D eigenvalue weighted by Crippen LogP contribution is 2.32. The number of aliphatic hydroxyl groups is 1. The van der Waals surface area contributed by atoms with Crippen LogP contribution in [0.15, 0.2) is 18.2 Å². The first-order valence-corrected chi connectivity index (χ1v) is 7.28. The second-order valence-corrected chi connectivity index (χ2v) is 5.46. The van der Waals surface area contributed by atoms with E-state index in [1.165, 1.54) is 18.2 Å². The third-order valence-electron chi connectivity index (χ3n) is 3.73. The highest BCUT2D eigenvalue weighted by atomic mass is 35.5. The van der Waals surface area contributed by atoms with Crippen LogP contribution in [0, 0.1) is 10.1 Å². The van der Waals surface area contributed by atoms with Crippen LogP contribution >= 0.6 is 11.6 Å². The first kappa shape index (κ1) is 15.7. The van der Waals surface area contributed by atoms with E-state index in [1.54, 1.807) is 4.90 Å². The van der Waals surface area contributed by atoms with Crippen LogP contribution in [0.1, 0.15) is 36.0 Å². The molecular formula is C14H17ClN2O4. The molecule has 114 valence electrons. The van der Waals surface area contributed by atoms with E-state index in [9.17, 15) is 14.9 Å². The van der Waals surface area contributed by atoms with Gasteiger partial charge in [-0.1, -0.05) is 17.7 Å². The number of benzene rings is 1. The lowest BCUT2D eigenvalue weighted by molar-refractivity contribution is -0.385. The number of hydrogen-bond acceptors (Lipinski definition) is 4. The molecule has 1 aliphatic rings. The molecule has 1 saturated carbocycles. The molecule has 1 aliphatic carbocycles. The fourth-order valence-corrected chi connectivity index (χ4v) is 2.66. The molecule has 21 heavy (non-hydrogen) atoms. The average molecular weight is 313 g/mol. The predicted molar refractivity (Wildman–Crippen MR) is 78.5 cm³/mol. The van der Waals surface area contributed by atoms with Gasteiger partial charge in [0.2, 0.25) is 0 Å². The molecule has 0 atom stereocenters. The molecule has 6 nitrogen and oxygen atoms in total. The van der Waals surface area contributed by atoms with Gasteiger partial charge in [-0.15, -0.1) is 0 Å². The Morgan fingerprint density at radius 1 is 1.48 bits per heavy atom. The van der Waals surface area contributed by atoms with E-state index < -0.39 is 4.92 Å². The topological polar surface area (TPSA) is 83.7 Å². The second kappa shape index (κ2) is 6.87. The lowest BCUT2D eigenvalue weighted by Crippen LogP contribution is -2.45. The number of nitro groups is 1. The van der Waals surface area contributed by atoms with Crippen molar-refractivity contribution in [3.8, 4) is 0 Å². The van der Waals surface area contributed by atoms with Crippen LogP contribution in [0.3, 0.4) is 0 Å². The monoisotopic (exact) mass is 312 g/mol. The molecule has 0 aliphatic heterocycles. The zero-order valence-corrected chi connectivity index (χ0v) is 12.3. The van der Waals surface area contributed by atoms with Gasteiger partial charge in [0.25, 0.3) is 5.91 Å². The molecule has 1 aromatic rings. The molecule has 0 aromatic heterocycles. The van der Waals surface area contributed by atoms with Gasteiger partial charge in [-0.05, 0) is 37.8 Å². The Labute approximate surface area is 127 Å². The highest BCUT2D eigenvalue weighted by Gasteiger charge is 2.33. The third-order valence-corrected chi connectivity index (χ3v) is 4.04. The molecular weight excluding hydrogens is 296 g/mol. The maximum atomic E-state index is 12.6. The maximum absolute atomic E-state index is 12.6. The number of aliphatic hydroxyl groups excluding tert-OH is 1. The number of nitro benzene ring substituents is 1. The lowest BCUT2D eigenvalue weighted by Gasteiger charge is -2.37. The Hall–Kier alpha value is -1.66. The SMILES string of the molecule is O=C(c1cccc(Cl)c1[N+](=O)[O-])N(CCCO)C1CCC1. The van der Waals surface area contributed by atoms with Crippen molar-refractivity contribution < 1.29 is 14.8 Å². The summed E-state index contributed by atoms with van der Waals surface area (Å²) >= 11 is 5.85. The molecule has 1 fully saturated rings. The van der Waals surface area contributed by atoms with E-state index in [0.717, 1.165) is 19.3 Å². The summed E-state index contributed by atoms with van der Waals surface area (Å²) in [7, 11) is 0. The average Bonchev–Trinajstić information content (AvgIpc) is 2.39. The minimum absolute atomic E-state index is 0.0114. The summed E-state index contributed by atoms with van der Waals surface area (Å²) in [5.74, 6) is -0.387. The highest BCUT2D eigenvalue weighted by molar-refractivity contribution is 6.33. The van der Waals surface area contributed by atoms with E-state index in [2.05, 4.69) is 0 Å². The number of carbonyl (C=O) groups excluding carboxylic acids is 1. The number of rotatable bonds is 6. The Bertz CT molecular complexity index is 546. The van der Waals surface area contributed by atoms with Gasteiger partial charge >= 0.3 is 5.69 Å². The minimum atomic E-state index is -0.624. The standard InChI is InChI=1S/C14H17ClN2O4/c15-12-7-2-6-11(13(12)17(20)21)14(19)16(8-3-9-18)10-4-1-5-10/h2,6-7,10,18H,1,3-5,8-9H2. The molecule has 0 heterocycles. The van der Waals surface area contributed by atoms with Crippen LogP contribution in [0.4, 0.5) is 5.69 Å². The molecule has 2 rings (SSSR count). The minimum Gasteiger partial charge on any atom is -0.396 e. The predicted octanol–water partition coefficient (Wildman–Crippen LogP) is 2.63. The summed E-state index contributed by atoms with van der Waals surface area (Å²) in [6.45, 7) is 0.373. The van der Waals surface area contributed by atoms with Gasteiger partial charge in [0, 0.05) is 19.2 Å². The molecule has 1 N–H and O–H groups in total. The molecule has 0 bridgehead atoms. The van der Waals surface area contributed by atoms with Gasteiger partial charge in [0.1, 0.15) is 10.6 Å². The molecule has 1 aromatic carbocycles. The Morgan fingerprint density at radius 3 is 2.71 bits per heavy atom. The summed E-state index contributed by atoms with van der Waals surface area (Å²) in [5, 5.41) is 20.1. The zero-order chi connectivity index (χ0) is 15.4. The summed E-state index contributed by atoms with van der Waals surface area (Å²) in [5.41, 5.74) is -0.338. The van der Waals surface area contributed by atoms with Crippen molar-refractivity contribution in [1.82, 2.24) is 4.90 Å². The number of hydrogen-bond donors (Lipinski definition) is 1. The number of amides is 1. The van der Waals surface area contributed by atoms with Crippen molar-refractivity contribution >= 4 is 23.2 Å². The summed E-state index contributed by atoms with van der Waals surface area (Å²) in [6, 6.07) is 4.46. The van der Waals surface area contributed by atoms with Crippen molar-refractivity contribution in [3.63, 3.8) is 0 Å². The first-order valence-electron chi connectivity index (χ1n) is 6.91. The molecule has 7 heteroatoms. The van der Waals surface area contributed by atoms with Gasteiger partial charge in [-0.2, -0.15) is 0 Å². The van der Waals surface area contributed by atoms with Gasteiger partial charge < -0.3 is 10.0 Å². The Balaban J connectivity index is 2.32. The number of nitrogens with zero attached hydrogens (tertiary/aromatic N) is 2. The lowest BCUT2D eigenvalue weighted by atomic mass is 9.90. The van der Waals surface area contributed by atoms with E-state index in [4.69, 9.17) is 16.7 Å². The number of para-hydroxylation sites is 1. The van der Waals surface area contributed by atoms with E-state index in [0.29, 0.717) is 13.0 Å². The van der Waals surface area contributed by atoms with Gasteiger partial charge in [-0.3, -0.25) is 14.9 Å². The molecule has 0 spiro atoms. The Kier molecular flexibility index (Phi) is 5.14. The zero-order valence-electron chi connectivity index (χ0n) is 11.5. The van der Waals surface area contributed by atoms with E-state index in [1.807, 2.05) is 0 Å². The third kappa shape index (κ3) is 3.33. The fourth-order valence-electron chi connectivity index (χ4n) is 2.42. The maximum Gasteiger partial charge on any atom is 0.300 e. The van der Waals surface area contributed by atoms with Crippen molar-refractivity contribution in [2.24, 2.45) is 0 Å². The van der Waals surface area contributed by atoms with Gasteiger partial charge in [-0.25, -0.2) is 0 Å². The van der Waals surface area contributed by atoms with Crippen molar-refractivity contribution in [1.29, 1.82) is 0 Å². The smallest absolute Gasteiger partial charge is 0.300 e. The summed E-state index contributed by atoms with van der Waals surface area (Å²) < 4.78 is 0. The normalized spacial score (nSPS) is 14.6. The molecule has 1 amide bonds. The first-order chi connectivity index (χ1) is 10.1. The molecule has 0 unspecified atom stereocenters. The van der Waals surface area contributed by atoms with Crippen molar-refractivity contribution in [2.45, 2.75) is 31.7 Å². The van der Waals surface area contributed by atoms with Crippen LogP contribution in [0.2, 0.25) is 5.02 Å². The second-order valence-electron chi connectivity index (χ2n) is 5.05. The van der Waals surface area contributed by atoms with Crippen LogP contribution in [-0.4, -0.2) is 40.0 Å². The van der Waals surface area contributed by atoms with E-state index >= 15 is 0 Å². The van der Waals surface area contributed by atoms with E-state index in [-0.39, 0.29) is 34.8 Å². The molecule has 0 saturated heterocycles. The van der Waals surface area contributed by atoms with Crippen molar-refractivity contribution in [3.05, 3.63) is 38.9 Å². The van der Waals surface area contributed by atoms with Crippen molar-refractivity contribution in [2.75, 3.05) is 13.2 Å². The number of halogens is 1. The van der Waals surface area contributed by atoms with Crippen LogP contribution in [-0.2, 0) is 0 Å². The quantitative estimate of drug-likeness (QED) is 0.646. The Morgan fingerprint density at radius 2 is 2.19 bits per heavy atom. The fraction of sp³-hybridized carbons (Fsp3) is 0.500. The van der Waals surface area contributed by atoms with Gasteiger partial charge in [0.05, 0.1) is 4.92 Å². The summed E-state index contributed by atoms with van der Waals surface area (Å²) in [6.07, 6.45) is 3.29.